The van der Waals surface area contributed by atoms with Crippen LogP contribution in [0.3, 0.4) is 0 Å². The van der Waals surface area contributed by atoms with E-state index in [1.807, 2.05) is 36.4 Å². The van der Waals surface area contributed by atoms with Crippen LogP contribution in [-0.2, 0) is 0 Å². The van der Waals surface area contributed by atoms with E-state index in [1.165, 1.54) is 0 Å². The Morgan fingerprint density at radius 1 is 1.33 bits per heavy atom. The Morgan fingerprint density at radius 2 is 2.07 bits per heavy atom. The van der Waals surface area contributed by atoms with Crippen LogP contribution >= 0.6 is 11.6 Å². The van der Waals surface area contributed by atoms with Crippen molar-refractivity contribution >= 4 is 23.7 Å². The fourth-order valence-corrected chi connectivity index (χ4v) is 1.08. The quantitative estimate of drug-likeness (QED) is 0.757. The molecule has 0 heterocycles. The molecule has 1 aromatic rings. The zero-order chi connectivity index (χ0) is 10.9. The highest BCUT2D eigenvalue weighted by Gasteiger charge is 1.93. The zero-order valence-corrected chi connectivity index (χ0v) is 9.00. The van der Waals surface area contributed by atoms with E-state index in [-0.39, 0.29) is 6.03 Å². The highest BCUT2D eigenvalue weighted by atomic mass is 35.5. The molecule has 0 aromatic heterocycles. The summed E-state index contributed by atoms with van der Waals surface area (Å²) in [6, 6.07) is 9.48. The molecule has 4 heteroatoms. The summed E-state index contributed by atoms with van der Waals surface area (Å²) >= 11 is 5.42. The van der Waals surface area contributed by atoms with Crippen LogP contribution in [0.15, 0.2) is 36.5 Å². The summed E-state index contributed by atoms with van der Waals surface area (Å²) in [7, 11) is 0. The fourth-order valence-electron chi connectivity index (χ4n) is 0.990. The first-order chi connectivity index (χ1) is 7.33. The molecule has 0 saturated heterocycles. The van der Waals surface area contributed by atoms with Crippen LogP contribution in [0.25, 0.3) is 6.08 Å². The average molecular weight is 225 g/mol. The molecule has 0 radical (unpaired) electrons. The first-order valence-corrected chi connectivity index (χ1v) is 5.18. The molecule has 80 valence electrons. The third-order valence-corrected chi connectivity index (χ3v) is 1.86. The Balaban J connectivity index is 2.31. The number of benzene rings is 1. The smallest absolute Gasteiger partial charge is 0.318 e. The predicted octanol–water partition coefficient (Wildman–Crippen LogP) is 2.20. The third kappa shape index (κ3) is 5.08. The molecule has 15 heavy (non-hydrogen) atoms. The molecule has 0 unspecified atom stereocenters. The monoisotopic (exact) mass is 224 g/mol. The fraction of sp³-hybridized carbons (Fsp3) is 0.182. The number of halogens is 1. The van der Waals surface area contributed by atoms with Gasteiger partial charge in [-0.3, -0.25) is 0 Å². The second-order valence-electron chi connectivity index (χ2n) is 2.83. The van der Waals surface area contributed by atoms with E-state index in [1.54, 1.807) is 6.20 Å². The molecule has 3 nitrogen and oxygen atoms in total. The van der Waals surface area contributed by atoms with E-state index < -0.39 is 0 Å². The maximum Gasteiger partial charge on any atom is 0.318 e. The van der Waals surface area contributed by atoms with Crippen molar-refractivity contribution in [2.75, 3.05) is 12.4 Å². The van der Waals surface area contributed by atoms with Gasteiger partial charge in [0.2, 0.25) is 0 Å². The second-order valence-corrected chi connectivity index (χ2v) is 3.21. The third-order valence-electron chi connectivity index (χ3n) is 1.67. The van der Waals surface area contributed by atoms with E-state index in [4.69, 9.17) is 11.6 Å². The number of nitrogens with one attached hydrogen (secondary N) is 2. The average Bonchev–Trinajstić information content (AvgIpc) is 2.28. The minimum atomic E-state index is -0.247. The van der Waals surface area contributed by atoms with Crippen LogP contribution in [0, 0.1) is 0 Å². The Kier molecular flexibility index (Phi) is 5.33. The highest BCUT2D eigenvalue weighted by Crippen LogP contribution is 1.99. The Bertz CT molecular complexity index is 325. The Labute approximate surface area is 94.1 Å². The number of urea groups is 1. The lowest BCUT2D eigenvalue weighted by Gasteiger charge is -2.00. The Morgan fingerprint density at radius 3 is 2.73 bits per heavy atom. The molecule has 2 N–H and O–H groups in total. The molecule has 1 aromatic carbocycles. The van der Waals surface area contributed by atoms with Crippen LogP contribution in [0.4, 0.5) is 4.79 Å². The summed E-state index contributed by atoms with van der Waals surface area (Å²) < 4.78 is 0. The number of alkyl halides is 1. The molecule has 2 amide bonds. The number of rotatable bonds is 4. The lowest BCUT2D eigenvalue weighted by Crippen LogP contribution is -2.33. The van der Waals surface area contributed by atoms with E-state index in [0.717, 1.165) is 5.56 Å². The van der Waals surface area contributed by atoms with E-state index in [9.17, 15) is 4.79 Å². The lowest BCUT2D eigenvalue weighted by molar-refractivity contribution is 0.245. The number of carbonyl (C=O) groups excluding carboxylic acids is 1. The summed E-state index contributed by atoms with van der Waals surface area (Å²) in [6.45, 7) is 0.465. The maximum atomic E-state index is 11.1. The van der Waals surface area contributed by atoms with Crippen molar-refractivity contribution in [1.82, 2.24) is 10.6 Å². The van der Waals surface area contributed by atoms with E-state index in [0.29, 0.717) is 12.4 Å². The van der Waals surface area contributed by atoms with Crippen molar-refractivity contribution in [3.63, 3.8) is 0 Å². The van der Waals surface area contributed by atoms with Gasteiger partial charge in [-0.25, -0.2) is 4.79 Å². The molecule has 0 aliphatic carbocycles. The Hall–Kier alpha value is -1.48. The first-order valence-electron chi connectivity index (χ1n) is 4.65. The van der Waals surface area contributed by atoms with Gasteiger partial charge in [-0.1, -0.05) is 30.3 Å². The normalized spacial score (nSPS) is 10.2. The number of hydrogen-bond acceptors (Lipinski definition) is 1. The molecule has 0 fully saturated rings. The van der Waals surface area contributed by atoms with Crippen LogP contribution < -0.4 is 10.6 Å². The largest absolute Gasteiger partial charge is 0.337 e. The summed E-state index contributed by atoms with van der Waals surface area (Å²) in [5.74, 6) is 0.413. The van der Waals surface area contributed by atoms with Gasteiger partial charge < -0.3 is 10.6 Å². The van der Waals surface area contributed by atoms with Gasteiger partial charge >= 0.3 is 6.03 Å². The molecular formula is C11H13ClN2O. The van der Waals surface area contributed by atoms with Crippen molar-refractivity contribution < 1.29 is 4.79 Å². The molecule has 0 aliphatic rings. The van der Waals surface area contributed by atoms with Crippen molar-refractivity contribution in [3.05, 3.63) is 42.1 Å². The van der Waals surface area contributed by atoms with Gasteiger partial charge in [-0.15, -0.1) is 11.6 Å². The zero-order valence-electron chi connectivity index (χ0n) is 8.24. The maximum absolute atomic E-state index is 11.1. The minimum absolute atomic E-state index is 0.247. The highest BCUT2D eigenvalue weighted by molar-refractivity contribution is 6.18. The summed E-state index contributed by atoms with van der Waals surface area (Å²) in [6.07, 6.45) is 3.42. The van der Waals surface area contributed by atoms with Crippen LogP contribution in [0.5, 0.6) is 0 Å². The van der Waals surface area contributed by atoms with Crippen LogP contribution in [0.1, 0.15) is 5.56 Å². The molecule has 0 atom stereocenters. The topological polar surface area (TPSA) is 41.1 Å². The predicted molar refractivity (Wildman–Crippen MR) is 62.7 cm³/mol. The number of carbonyl (C=O) groups is 1. The summed E-state index contributed by atoms with van der Waals surface area (Å²) in [4.78, 5) is 11.1. The van der Waals surface area contributed by atoms with Gasteiger partial charge in [-0.2, -0.15) is 0 Å². The molecule has 0 saturated carbocycles. The molecule has 0 aliphatic heterocycles. The summed E-state index contributed by atoms with van der Waals surface area (Å²) in [5, 5.41) is 5.16. The van der Waals surface area contributed by atoms with Gasteiger partial charge in [0.15, 0.2) is 0 Å². The minimum Gasteiger partial charge on any atom is -0.337 e. The van der Waals surface area contributed by atoms with Crippen LogP contribution in [0.2, 0.25) is 0 Å². The molecule has 0 bridgehead atoms. The van der Waals surface area contributed by atoms with Crippen molar-refractivity contribution in [2.24, 2.45) is 0 Å². The lowest BCUT2D eigenvalue weighted by atomic mass is 10.2. The first kappa shape index (κ1) is 11.6. The SMILES string of the molecule is O=C(N/C=C/c1ccccc1)NCCCl. The number of amides is 2. The molecule has 0 spiro atoms. The van der Waals surface area contributed by atoms with Crippen molar-refractivity contribution in [1.29, 1.82) is 0 Å². The second kappa shape index (κ2) is 6.90. The van der Waals surface area contributed by atoms with Gasteiger partial charge in [0.05, 0.1) is 0 Å². The van der Waals surface area contributed by atoms with Crippen LogP contribution in [-0.4, -0.2) is 18.5 Å². The van der Waals surface area contributed by atoms with Gasteiger partial charge in [0.25, 0.3) is 0 Å². The van der Waals surface area contributed by atoms with Gasteiger partial charge in [0, 0.05) is 18.6 Å². The van der Waals surface area contributed by atoms with Gasteiger partial charge in [-0.05, 0) is 11.6 Å². The van der Waals surface area contributed by atoms with E-state index >= 15 is 0 Å². The standard InChI is InChI=1S/C11H13ClN2O/c12-7-9-14-11(15)13-8-6-10-4-2-1-3-5-10/h1-6,8H,7,9H2,(H2,13,14,15)/b8-6+. The summed E-state index contributed by atoms with van der Waals surface area (Å²) in [5.41, 5.74) is 1.04. The van der Waals surface area contributed by atoms with Crippen molar-refractivity contribution in [3.8, 4) is 0 Å². The number of hydrogen-bond donors (Lipinski definition) is 2. The van der Waals surface area contributed by atoms with E-state index in [2.05, 4.69) is 10.6 Å². The molecular weight excluding hydrogens is 212 g/mol. The van der Waals surface area contributed by atoms with Gasteiger partial charge in [0.1, 0.15) is 0 Å². The van der Waals surface area contributed by atoms with Crippen molar-refractivity contribution in [2.45, 2.75) is 0 Å². The molecule has 1 rings (SSSR count).